The van der Waals surface area contributed by atoms with Gasteiger partial charge in [0.05, 0.1) is 84.1 Å². The summed E-state index contributed by atoms with van der Waals surface area (Å²) < 4.78 is 146. The Morgan fingerprint density at radius 3 is 0.951 bits per heavy atom. The highest BCUT2D eigenvalue weighted by atomic mass is 35.7. The topological polar surface area (TPSA) is 576 Å². The van der Waals surface area contributed by atoms with E-state index in [9.17, 15) is 62.3 Å². The first-order valence-electron chi connectivity index (χ1n) is 43.3. The third-order valence-electron chi connectivity index (χ3n) is 17.8. The second-order valence-corrected chi connectivity index (χ2v) is 40.9. The van der Waals surface area contributed by atoms with Gasteiger partial charge in [0, 0.05) is 125 Å². The second kappa shape index (κ2) is 65.8. The number of sulfonamides is 4. The molecular formula is C94H114BCl5N18O20S5. The number of nitrogen functional groups attached to an aromatic ring is 2. The molecule has 0 spiro atoms. The molecule has 13 rings (SSSR count). The van der Waals surface area contributed by atoms with Gasteiger partial charge in [0.15, 0.2) is 0 Å². The molecule has 0 atom stereocenters. The van der Waals surface area contributed by atoms with Gasteiger partial charge in [-0.3, -0.25) is 20.2 Å². The van der Waals surface area contributed by atoms with Gasteiger partial charge in [0.2, 0.25) is 49.1 Å². The number of anilines is 4. The lowest BCUT2D eigenvalue weighted by atomic mass is 9.80. The molecule has 143 heavy (non-hydrogen) atoms. The van der Waals surface area contributed by atoms with E-state index in [-0.39, 0.29) is 34.4 Å². The Labute approximate surface area is 858 Å². The Hall–Kier alpha value is -12.3. The predicted octanol–water partition coefficient (Wildman–Crippen LogP) is 16.1. The number of nitrogens with one attached hydrogen (secondary N) is 5. The first kappa shape index (κ1) is 123. The van der Waals surface area contributed by atoms with Crippen LogP contribution in [0.1, 0.15) is 94.5 Å². The van der Waals surface area contributed by atoms with E-state index in [4.69, 9.17) is 103 Å². The number of hydrogen-bond acceptors (Lipinski definition) is 32. The van der Waals surface area contributed by atoms with E-state index in [0.717, 1.165) is 88.9 Å². The average molecular weight is 2160 g/mol. The Balaban J connectivity index is 0.000000340. The summed E-state index contributed by atoms with van der Waals surface area (Å²) in [4.78, 5) is 51.5. The Bertz CT molecular complexity index is 6530. The quantitative estimate of drug-likeness (QED) is 0.00440. The zero-order valence-electron chi connectivity index (χ0n) is 79.5. The fourth-order valence-corrected chi connectivity index (χ4v) is 17.9. The van der Waals surface area contributed by atoms with E-state index in [1.54, 1.807) is 124 Å². The number of nitro benzene ring substituents is 2. The zero-order chi connectivity index (χ0) is 106. The van der Waals surface area contributed by atoms with Crippen LogP contribution in [0.3, 0.4) is 0 Å². The summed E-state index contributed by atoms with van der Waals surface area (Å²) >= 11 is 22.4. The molecule has 49 heteroatoms. The van der Waals surface area contributed by atoms with E-state index in [0.29, 0.717) is 109 Å². The van der Waals surface area contributed by atoms with Gasteiger partial charge in [-0.2, -0.15) is 0 Å². The van der Waals surface area contributed by atoms with Crippen LogP contribution in [0, 0.1) is 20.2 Å². The molecule has 38 nitrogen and oxygen atoms in total. The van der Waals surface area contributed by atoms with Crippen LogP contribution >= 0.6 is 57.1 Å². The maximum absolute atomic E-state index is 12.1. The molecule has 0 bridgehead atoms. The van der Waals surface area contributed by atoms with E-state index < -0.39 is 71.9 Å². The van der Waals surface area contributed by atoms with E-state index >= 15 is 0 Å². The summed E-state index contributed by atoms with van der Waals surface area (Å²) in [6, 6.07) is 68.4. The third kappa shape index (κ3) is 51.0. The lowest BCUT2D eigenvalue weighted by Gasteiger charge is -2.11. The molecule has 0 unspecified atom stereocenters. The minimum atomic E-state index is -3.67. The molecule has 4 heterocycles. The van der Waals surface area contributed by atoms with Crippen LogP contribution < -0.4 is 65.8 Å². The molecule has 13 aromatic rings. The SMILES string of the molecule is CCCN.CCCNS(=O)(=O)Cc1cccc(N)c1.CCCNS(=O)(=O)Cc1cccc(N)c1.CCCNS(=O)(=O)Cc1cccc(Nc2cc(-c3ccccc3OC)ncn2)c1.CCCNS(=O)(=O)Cc1cccc([N+](=O)[O-])c1.COc1ccccc1-c1cc(Cl)ncn1.COc1ccccc1-c1cc(Cl)ncn1.COc1ccccc1B(O)O.Clc1cc(Cl)ncn1.O=[N+]([O-])c1cccc(CS(=O)(=O)Cl)c1. The molecule has 0 aliphatic rings. The monoisotopic (exact) mass is 2160 g/mol. The number of rotatable bonds is 35. The van der Waals surface area contributed by atoms with Crippen LogP contribution in [0.4, 0.5) is 34.3 Å². The lowest BCUT2D eigenvalue weighted by Crippen LogP contribution is -2.30. The van der Waals surface area contributed by atoms with Gasteiger partial charge in [-0.05, 0) is 145 Å². The van der Waals surface area contributed by atoms with Gasteiger partial charge in [-0.15, -0.1) is 0 Å². The maximum atomic E-state index is 12.1. The van der Waals surface area contributed by atoms with Crippen molar-refractivity contribution in [1.82, 2.24) is 58.8 Å². The van der Waals surface area contributed by atoms with Crippen LogP contribution in [-0.2, 0) is 77.9 Å². The van der Waals surface area contributed by atoms with Crippen molar-refractivity contribution in [1.29, 1.82) is 0 Å². The summed E-state index contributed by atoms with van der Waals surface area (Å²) in [6.07, 6.45) is 9.79. The van der Waals surface area contributed by atoms with Gasteiger partial charge in [0.25, 0.3) is 11.4 Å². The molecule has 768 valence electrons. The minimum absolute atomic E-state index is 0.0158. The Morgan fingerprint density at radius 2 is 0.650 bits per heavy atom. The van der Waals surface area contributed by atoms with Gasteiger partial charge < -0.3 is 51.5 Å². The maximum Gasteiger partial charge on any atom is 0.492 e. The highest BCUT2D eigenvalue weighted by Gasteiger charge is 2.20. The third-order valence-corrected chi connectivity index (χ3v) is 25.0. The van der Waals surface area contributed by atoms with Gasteiger partial charge >= 0.3 is 7.12 Å². The van der Waals surface area contributed by atoms with Crippen molar-refractivity contribution in [3.05, 3.63) is 337 Å². The summed E-state index contributed by atoms with van der Waals surface area (Å²) in [5, 5.41) is 43.3. The molecule has 0 amide bonds. The standard InChI is InChI=1S/C21H24N4O3S.2C11H9ClN2O.C10H14N2O4S.2C10H16N2O2S.C7H9BO3.C7H6ClNO4S.C4H2Cl2N2.C3H9N/c1-3-11-24-29(26,27)14-16-7-6-8-17(12-16)25-21-13-19(22-15-23-21)18-9-4-5-10-20(18)28-2;2*1-15-10-5-3-2-4-8(10)9-6-11(12)14-7-13-9;1-2-6-11-17(15,16)8-9-4-3-5-10(7-9)12(13)14;2*1-2-6-12-15(13,14)8-9-4-3-5-10(11)7-9;1-11-7-5-3-2-4-6(7)8(9)10;8-14(12,13)5-6-2-1-3-7(4-6)9(10)11;5-3-1-4(6)8-2-7-3;1-2-3-4/h4-10,12-13,15,24H,3,11,14H2,1-2H3,(H,22,23,25);2*2-7H,1H3;3-5,7,11H,2,6,8H2,1H3;2*3-5,7,12H,2,6,8,11H2,1H3;2-5,9-10H,1H3;1-4H,5H2;1-2H;2-4H2,1H3. The number of nitro groups is 2. The van der Waals surface area contributed by atoms with Crippen LogP contribution in [0.5, 0.6) is 23.0 Å². The number of para-hydroxylation sites is 4. The van der Waals surface area contributed by atoms with Crippen molar-refractivity contribution in [3.63, 3.8) is 0 Å². The number of nitrogens with two attached hydrogens (primary N) is 3. The normalized spacial score (nSPS) is 10.7. The largest absolute Gasteiger partial charge is 0.497 e. The minimum Gasteiger partial charge on any atom is -0.497 e. The van der Waals surface area contributed by atoms with E-state index in [1.807, 2.05) is 119 Å². The highest BCUT2D eigenvalue weighted by molar-refractivity contribution is 8.13. The molecule has 0 aliphatic heterocycles. The second-order valence-electron chi connectivity index (χ2n) is 29.4. The summed E-state index contributed by atoms with van der Waals surface area (Å²) in [5.41, 5.74) is 25.9. The Kier molecular flexibility index (Phi) is 56.6. The molecule has 0 aliphatic carbocycles. The zero-order valence-corrected chi connectivity index (χ0v) is 87.3. The first-order valence-corrected chi connectivity index (χ1v) is 53.9. The number of nitrogens with zero attached hydrogens (tertiary/aromatic N) is 10. The van der Waals surface area contributed by atoms with E-state index in [1.165, 1.54) is 81.0 Å². The number of aromatic nitrogens is 8. The number of benzene rings is 9. The van der Waals surface area contributed by atoms with Gasteiger partial charge in [-0.1, -0.05) is 196 Å². The van der Waals surface area contributed by atoms with Crippen molar-refractivity contribution in [2.24, 2.45) is 5.73 Å². The molecule has 0 fully saturated rings. The van der Waals surface area contributed by atoms with Crippen LogP contribution in [0.2, 0.25) is 20.6 Å². The molecule has 0 saturated carbocycles. The van der Waals surface area contributed by atoms with Crippen molar-refractivity contribution in [3.8, 4) is 56.8 Å². The molecular weight excluding hydrogens is 2050 g/mol. The van der Waals surface area contributed by atoms with Crippen LogP contribution in [-0.4, -0.2) is 170 Å². The van der Waals surface area contributed by atoms with Crippen molar-refractivity contribution >= 4 is 153 Å². The molecule has 0 saturated heterocycles. The number of halogens is 5. The molecule has 9 aromatic carbocycles. The van der Waals surface area contributed by atoms with Crippen molar-refractivity contribution in [2.45, 2.75) is 95.5 Å². The van der Waals surface area contributed by atoms with E-state index in [2.05, 4.69) is 71.0 Å². The Morgan fingerprint density at radius 1 is 0.357 bits per heavy atom. The number of hydrogen-bond donors (Lipinski definition) is 10. The van der Waals surface area contributed by atoms with Crippen LogP contribution in [0.25, 0.3) is 33.8 Å². The number of methoxy groups -OCH3 is 4. The number of non-ortho nitro benzene ring substituents is 2. The fourth-order valence-electron chi connectivity index (χ4n) is 11.4. The first-order chi connectivity index (χ1) is 68.0. The molecule has 4 aromatic heterocycles. The predicted molar refractivity (Wildman–Crippen MR) is 566 cm³/mol. The van der Waals surface area contributed by atoms with Gasteiger partial charge in [0.1, 0.15) is 74.7 Å². The van der Waals surface area contributed by atoms with Gasteiger partial charge in [-0.25, -0.2) is 101 Å². The number of ether oxygens (including phenoxy) is 4. The summed E-state index contributed by atoms with van der Waals surface area (Å²) in [6.45, 7) is 12.3. The molecule has 0 radical (unpaired) electrons. The van der Waals surface area contributed by atoms with Crippen LogP contribution in [0.15, 0.2) is 268 Å². The molecule has 13 N–H and O–H groups in total. The van der Waals surface area contributed by atoms with Crippen molar-refractivity contribution < 1.29 is 80.9 Å². The lowest BCUT2D eigenvalue weighted by molar-refractivity contribution is -0.385. The highest BCUT2D eigenvalue weighted by Crippen LogP contribution is 2.33. The summed E-state index contributed by atoms with van der Waals surface area (Å²) in [5.74, 6) is 2.61. The fraction of sp³-hybridized carbons (Fsp3) is 0.255. The average Bonchev–Trinajstić information content (AvgIpc) is 0.829. The summed E-state index contributed by atoms with van der Waals surface area (Å²) in [7, 11) is -6.98. The smallest absolute Gasteiger partial charge is 0.492 e. The van der Waals surface area contributed by atoms with Crippen molar-refractivity contribution in [2.75, 3.05) is 77.9 Å².